The van der Waals surface area contributed by atoms with Crippen LogP contribution in [0, 0.1) is 13.8 Å². The molecule has 35 heavy (non-hydrogen) atoms. The van der Waals surface area contributed by atoms with Crippen LogP contribution in [-0.2, 0) is 27.8 Å². The fraction of sp³-hybridized carbons (Fsp3) is 0.192. The average Bonchev–Trinajstić information content (AvgIpc) is 2.87. The molecule has 180 valence electrons. The van der Waals surface area contributed by atoms with Crippen LogP contribution in [0.2, 0.25) is 0 Å². The number of benzene rings is 2. The minimum atomic E-state index is -4.10. The number of sulfonamides is 1. The lowest BCUT2D eigenvalue weighted by atomic mass is 10.0. The number of ether oxygens (including phenoxy) is 1. The van der Waals surface area contributed by atoms with Gasteiger partial charge < -0.3 is 9.72 Å². The predicted octanol–water partition coefficient (Wildman–Crippen LogP) is 3.72. The van der Waals surface area contributed by atoms with Gasteiger partial charge in [-0.05, 0) is 66.3 Å². The monoisotopic (exact) mass is 491 g/mol. The first-order valence-corrected chi connectivity index (χ1v) is 12.3. The quantitative estimate of drug-likeness (QED) is 0.395. The second-order valence-corrected chi connectivity index (χ2v) is 10.2. The summed E-state index contributed by atoms with van der Waals surface area (Å²) in [5.74, 6) is -0.641. The fourth-order valence-electron chi connectivity index (χ4n) is 3.85. The van der Waals surface area contributed by atoms with Gasteiger partial charge in [0, 0.05) is 31.0 Å². The van der Waals surface area contributed by atoms with Crippen molar-refractivity contribution in [2.75, 3.05) is 7.11 Å². The van der Waals surface area contributed by atoms with Gasteiger partial charge in [-0.2, -0.15) is 4.31 Å². The number of methoxy groups -OCH3 is 1. The third-order valence-electron chi connectivity index (χ3n) is 5.95. The van der Waals surface area contributed by atoms with Crippen LogP contribution in [0.5, 0.6) is 0 Å². The van der Waals surface area contributed by atoms with Crippen LogP contribution in [0.4, 0.5) is 0 Å². The Morgan fingerprint density at radius 2 is 1.86 bits per heavy atom. The minimum absolute atomic E-state index is 0.0109. The van der Waals surface area contributed by atoms with Gasteiger partial charge in [-0.3, -0.25) is 9.78 Å². The van der Waals surface area contributed by atoms with E-state index in [-0.39, 0.29) is 29.1 Å². The van der Waals surface area contributed by atoms with Crippen molar-refractivity contribution in [2.24, 2.45) is 0 Å². The Labute approximate surface area is 203 Å². The molecule has 0 aliphatic heterocycles. The number of aromatic amines is 1. The topological polar surface area (TPSA) is 109 Å². The van der Waals surface area contributed by atoms with E-state index in [1.165, 1.54) is 35.7 Å². The van der Waals surface area contributed by atoms with Crippen molar-refractivity contribution in [3.63, 3.8) is 0 Å². The molecule has 0 amide bonds. The second-order valence-electron chi connectivity index (χ2n) is 8.25. The zero-order chi connectivity index (χ0) is 25.2. The SMILES string of the molecule is COC(=O)c1cccc(S(=O)(=O)N(Cc2cccnc2)Cc2cc3ccc(C)c(C)c3[nH]c2=O)c1. The molecular weight excluding hydrogens is 466 g/mol. The Kier molecular flexibility index (Phi) is 6.81. The van der Waals surface area contributed by atoms with Crippen molar-refractivity contribution < 1.29 is 17.9 Å². The van der Waals surface area contributed by atoms with Gasteiger partial charge in [0.05, 0.1) is 23.1 Å². The molecule has 0 bridgehead atoms. The molecule has 0 aliphatic rings. The largest absolute Gasteiger partial charge is 0.465 e. The molecule has 4 aromatic rings. The maximum Gasteiger partial charge on any atom is 0.337 e. The number of nitrogens with one attached hydrogen (secondary N) is 1. The van der Waals surface area contributed by atoms with Gasteiger partial charge in [-0.25, -0.2) is 13.2 Å². The zero-order valence-corrected chi connectivity index (χ0v) is 20.4. The Morgan fingerprint density at radius 1 is 1.06 bits per heavy atom. The molecule has 0 fully saturated rings. The molecule has 0 aliphatic carbocycles. The van der Waals surface area contributed by atoms with E-state index < -0.39 is 16.0 Å². The third kappa shape index (κ3) is 5.01. The highest BCUT2D eigenvalue weighted by Gasteiger charge is 2.27. The van der Waals surface area contributed by atoms with Gasteiger partial charge in [0.25, 0.3) is 5.56 Å². The molecule has 0 radical (unpaired) electrons. The van der Waals surface area contributed by atoms with E-state index in [0.717, 1.165) is 22.0 Å². The molecule has 0 atom stereocenters. The van der Waals surface area contributed by atoms with Crippen LogP contribution in [0.1, 0.15) is 32.6 Å². The summed E-state index contributed by atoms with van der Waals surface area (Å²) in [5, 5.41) is 0.814. The standard InChI is InChI=1S/C26H25N3O5S/c1-17-9-10-20-12-22(25(30)28-24(20)18(17)2)16-29(15-19-6-5-11-27-14-19)35(32,33)23-8-4-7-21(13-23)26(31)34-3/h4-14H,15-16H2,1-3H3,(H,28,30). The van der Waals surface area contributed by atoms with Gasteiger partial charge >= 0.3 is 5.97 Å². The van der Waals surface area contributed by atoms with E-state index in [0.29, 0.717) is 11.1 Å². The summed E-state index contributed by atoms with van der Waals surface area (Å²) < 4.78 is 33.4. The molecule has 9 heteroatoms. The molecule has 2 aromatic heterocycles. The number of aromatic nitrogens is 2. The summed E-state index contributed by atoms with van der Waals surface area (Å²) in [6.07, 6.45) is 3.17. The number of aryl methyl sites for hydroxylation is 2. The molecule has 1 N–H and O–H groups in total. The Morgan fingerprint density at radius 3 is 2.57 bits per heavy atom. The Hall–Kier alpha value is -3.82. The first-order chi connectivity index (χ1) is 16.7. The maximum absolute atomic E-state index is 13.7. The maximum atomic E-state index is 13.7. The number of hydrogen-bond acceptors (Lipinski definition) is 6. The molecule has 2 aromatic carbocycles. The number of hydrogen-bond donors (Lipinski definition) is 1. The summed E-state index contributed by atoms with van der Waals surface area (Å²) in [7, 11) is -2.87. The number of carbonyl (C=O) groups excluding carboxylic acids is 1. The molecule has 2 heterocycles. The number of nitrogens with zero attached hydrogens (tertiary/aromatic N) is 2. The number of esters is 1. The lowest BCUT2D eigenvalue weighted by molar-refractivity contribution is 0.0600. The first-order valence-electron chi connectivity index (χ1n) is 10.9. The summed E-state index contributed by atoms with van der Waals surface area (Å²) >= 11 is 0. The van der Waals surface area contributed by atoms with Crippen LogP contribution >= 0.6 is 0 Å². The predicted molar refractivity (Wildman–Crippen MR) is 132 cm³/mol. The first kappa shape index (κ1) is 24.3. The number of H-pyrrole nitrogens is 1. The van der Waals surface area contributed by atoms with E-state index in [2.05, 4.69) is 9.97 Å². The average molecular weight is 492 g/mol. The van der Waals surface area contributed by atoms with E-state index in [1.54, 1.807) is 30.6 Å². The van der Waals surface area contributed by atoms with Crippen LogP contribution in [0.3, 0.4) is 0 Å². The van der Waals surface area contributed by atoms with Gasteiger partial charge in [0.1, 0.15) is 0 Å². The van der Waals surface area contributed by atoms with Crippen molar-refractivity contribution in [1.29, 1.82) is 0 Å². The van der Waals surface area contributed by atoms with Gasteiger partial charge in [-0.1, -0.05) is 24.3 Å². The number of carbonyl (C=O) groups is 1. The van der Waals surface area contributed by atoms with Gasteiger partial charge in [-0.15, -0.1) is 0 Å². The van der Waals surface area contributed by atoms with E-state index in [4.69, 9.17) is 4.74 Å². The molecule has 0 spiro atoms. The van der Waals surface area contributed by atoms with Crippen molar-refractivity contribution in [2.45, 2.75) is 31.8 Å². The molecular formula is C26H25N3O5S. The highest BCUT2D eigenvalue weighted by atomic mass is 32.2. The molecule has 8 nitrogen and oxygen atoms in total. The number of pyridine rings is 2. The third-order valence-corrected chi connectivity index (χ3v) is 7.74. The summed E-state index contributed by atoms with van der Waals surface area (Å²) in [6, 6.07) is 14.7. The van der Waals surface area contributed by atoms with E-state index in [1.807, 2.05) is 26.0 Å². The van der Waals surface area contributed by atoms with Crippen LogP contribution in [0.15, 0.2) is 76.7 Å². The van der Waals surface area contributed by atoms with Crippen molar-refractivity contribution >= 4 is 26.9 Å². The van der Waals surface area contributed by atoms with E-state index in [9.17, 15) is 18.0 Å². The zero-order valence-electron chi connectivity index (χ0n) is 19.6. The highest BCUT2D eigenvalue weighted by Crippen LogP contribution is 2.24. The smallest absolute Gasteiger partial charge is 0.337 e. The van der Waals surface area contributed by atoms with E-state index >= 15 is 0 Å². The number of rotatable bonds is 7. The van der Waals surface area contributed by atoms with Crippen molar-refractivity contribution in [1.82, 2.24) is 14.3 Å². The van der Waals surface area contributed by atoms with Crippen LogP contribution in [-0.4, -0.2) is 35.8 Å². The Bertz CT molecular complexity index is 1560. The van der Waals surface area contributed by atoms with Crippen molar-refractivity contribution in [3.05, 3.63) is 105 Å². The minimum Gasteiger partial charge on any atom is -0.465 e. The molecule has 0 saturated carbocycles. The summed E-state index contributed by atoms with van der Waals surface area (Å²) in [6.45, 7) is 3.72. The summed E-state index contributed by atoms with van der Waals surface area (Å²) in [5.41, 5.74) is 3.45. The normalized spacial score (nSPS) is 11.7. The van der Waals surface area contributed by atoms with Gasteiger partial charge in [0.15, 0.2) is 0 Å². The molecule has 0 unspecified atom stereocenters. The second kappa shape index (κ2) is 9.81. The van der Waals surface area contributed by atoms with Crippen molar-refractivity contribution in [3.8, 4) is 0 Å². The lowest BCUT2D eigenvalue weighted by Crippen LogP contribution is -2.32. The van der Waals surface area contributed by atoms with Crippen LogP contribution < -0.4 is 5.56 Å². The van der Waals surface area contributed by atoms with Crippen LogP contribution in [0.25, 0.3) is 10.9 Å². The highest BCUT2D eigenvalue weighted by molar-refractivity contribution is 7.89. The summed E-state index contributed by atoms with van der Waals surface area (Å²) in [4.78, 5) is 31.9. The number of fused-ring (bicyclic) bond motifs is 1. The molecule has 0 saturated heterocycles. The lowest BCUT2D eigenvalue weighted by Gasteiger charge is -2.22. The fourth-order valence-corrected chi connectivity index (χ4v) is 5.30. The Balaban J connectivity index is 1.79. The molecule has 4 rings (SSSR count). The van der Waals surface area contributed by atoms with Gasteiger partial charge in [0.2, 0.25) is 10.0 Å².